The normalized spacial score (nSPS) is 16.5. The largest absolute Gasteiger partial charge is 0.290 e. The zero-order valence-corrected chi connectivity index (χ0v) is 14.6. The highest BCUT2D eigenvalue weighted by Gasteiger charge is 2.25. The molecule has 0 atom stereocenters. The summed E-state index contributed by atoms with van der Waals surface area (Å²) < 4.78 is 0. The number of nitrogens with one attached hydrogen (secondary N) is 1. The molecule has 1 aromatic heterocycles. The number of hydrogen-bond acceptors (Lipinski definition) is 4. The van der Waals surface area contributed by atoms with E-state index in [1.165, 1.54) is 5.56 Å². The second-order valence-electron chi connectivity index (χ2n) is 6.65. The number of rotatable bonds is 2. The SMILES string of the molecule is CC(C)(C)c1ccc(-c2ccnc(/C=C3\SC(=O)NC3=O)c2)cc1. The molecule has 24 heavy (non-hydrogen) atoms. The van der Waals surface area contributed by atoms with Crippen LogP contribution in [0, 0.1) is 0 Å². The van der Waals surface area contributed by atoms with Crippen LogP contribution in [0.1, 0.15) is 32.0 Å². The minimum Gasteiger partial charge on any atom is -0.282 e. The Balaban J connectivity index is 1.90. The first-order valence-electron chi connectivity index (χ1n) is 7.65. The van der Waals surface area contributed by atoms with Gasteiger partial charge in [0.1, 0.15) is 0 Å². The van der Waals surface area contributed by atoms with Crippen molar-refractivity contribution in [1.29, 1.82) is 0 Å². The van der Waals surface area contributed by atoms with Gasteiger partial charge in [-0.25, -0.2) is 0 Å². The topological polar surface area (TPSA) is 59.1 Å². The summed E-state index contributed by atoms with van der Waals surface area (Å²) in [6, 6.07) is 12.3. The van der Waals surface area contributed by atoms with Gasteiger partial charge in [-0.05, 0) is 52.1 Å². The van der Waals surface area contributed by atoms with Gasteiger partial charge in [-0.3, -0.25) is 19.9 Å². The van der Waals surface area contributed by atoms with Crippen molar-refractivity contribution in [3.63, 3.8) is 0 Å². The number of carbonyl (C=O) groups is 2. The maximum absolute atomic E-state index is 11.6. The fourth-order valence-electron chi connectivity index (χ4n) is 2.42. The number of hydrogen-bond donors (Lipinski definition) is 1. The lowest BCUT2D eigenvalue weighted by Crippen LogP contribution is -2.17. The number of benzene rings is 1. The molecule has 1 aliphatic heterocycles. The summed E-state index contributed by atoms with van der Waals surface area (Å²) in [6.45, 7) is 6.55. The van der Waals surface area contributed by atoms with Gasteiger partial charge in [-0.2, -0.15) is 0 Å². The molecule has 0 bridgehead atoms. The highest BCUT2D eigenvalue weighted by molar-refractivity contribution is 8.18. The van der Waals surface area contributed by atoms with Crippen LogP contribution >= 0.6 is 11.8 Å². The fourth-order valence-corrected chi connectivity index (χ4v) is 3.09. The average Bonchev–Trinajstić information content (AvgIpc) is 2.84. The summed E-state index contributed by atoms with van der Waals surface area (Å²) >= 11 is 0.896. The molecule has 1 aliphatic rings. The van der Waals surface area contributed by atoms with Crippen LogP contribution in [0.5, 0.6) is 0 Å². The van der Waals surface area contributed by atoms with Crippen LogP contribution < -0.4 is 5.32 Å². The first kappa shape index (κ1) is 16.5. The number of thioether (sulfide) groups is 1. The van der Waals surface area contributed by atoms with Gasteiger partial charge >= 0.3 is 0 Å². The third-order valence-electron chi connectivity index (χ3n) is 3.79. The van der Waals surface area contributed by atoms with Crippen molar-refractivity contribution in [2.24, 2.45) is 0 Å². The summed E-state index contributed by atoms with van der Waals surface area (Å²) in [4.78, 5) is 27.5. The van der Waals surface area contributed by atoms with E-state index in [1.54, 1.807) is 12.3 Å². The Labute approximate surface area is 145 Å². The smallest absolute Gasteiger partial charge is 0.282 e. The van der Waals surface area contributed by atoms with Crippen molar-refractivity contribution in [2.75, 3.05) is 0 Å². The lowest BCUT2D eigenvalue weighted by atomic mass is 9.86. The molecular weight excluding hydrogens is 320 g/mol. The third-order valence-corrected chi connectivity index (χ3v) is 4.60. The van der Waals surface area contributed by atoms with E-state index in [4.69, 9.17) is 0 Å². The van der Waals surface area contributed by atoms with E-state index in [9.17, 15) is 9.59 Å². The predicted octanol–water partition coefficient (Wildman–Crippen LogP) is 4.37. The maximum Gasteiger partial charge on any atom is 0.290 e. The second-order valence-corrected chi connectivity index (χ2v) is 7.66. The Hall–Kier alpha value is -2.40. The lowest BCUT2D eigenvalue weighted by Gasteiger charge is -2.19. The lowest BCUT2D eigenvalue weighted by molar-refractivity contribution is -0.115. The van der Waals surface area contributed by atoms with E-state index >= 15 is 0 Å². The maximum atomic E-state index is 11.6. The van der Waals surface area contributed by atoms with E-state index < -0.39 is 0 Å². The highest BCUT2D eigenvalue weighted by atomic mass is 32.2. The van der Waals surface area contributed by atoms with Crippen LogP contribution in [-0.2, 0) is 10.2 Å². The summed E-state index contributed by atoms with van der Waals surface area (Å²) in [7, 11) is 0. The van der Waals surface area contributed by atoms with Gasteiger partial charge in [0.15, 0.2) is 0 Å². The van der Waals surface area contributed by atoms with E-state index in [2.05, 4.69) is 55.3 Å². The van der Waals surface area contributed by atoms with Crippen LogP contribution in [0.15, 0.2) is 47.5 Å². The standard InChI is InChI=1S/C19H18N2O2S/c1-19(2,3)14-6-4-12(5-7-14)13-8-9-20-15(10-13)11-16-17(22)21-18(23)24-16/h4-11H,1-3H3,(H,21,22,23)/b16-11-. The zero-order chi connectivity index (χ0) is 17.3. The average molecular weight is 338 g/mol. The van der Waals surface area contributed by atoms with Gasteiger partial charge in [0.05, 0.1) is 10.6 Å². The summed E-state index contributed by atoms with van der Waals surface area (Å²) in [5.74, 6) is -0.369. The van der Waals surface area contributed by atoms with Crippen LogP contribution in [0.25, 0.3) is 17.2 Å². The number of imide groups is 1. The fraction of sp³-hybridized carbons (Fsp3) is 0.211. The van der Waals surface area contributed by atoms with Crippen molar-refractivity contribution >= 4 is 29.0 Å². The molecule has 2 heterocycles. The molecule has 1 saturated heterocycles. The molecule has 1 fully saturated rings. The van der Waals surface area contributed by atoms with Gasteiger partial charge in [-0.1, -0.05) is 45.0 Å². The van der Waals surface area contributed by atoms with Crippen molar-refractivity contribution in [2.45, 2.75) is 26.2 Å². The highest BCUT2D eigenvalue weighted by Crippen LogP contribution is 2.28. The number of amides is 2. The third kappa shape index (κ3) is 3.57. The minimum atomic E-state index is -0.369. The van der Waals surface area contributed by atoms with Gasteiger partial charge in [0, 0.05) is 6.20 Å². The molecular formula is C19H18N2O2S. The molecule has 2 aromatic rings. The molecule has 0 saturated carbocycles. The number of pyridine rings is 1. The van der Waals surface area contributed by atoms with Crippen LogP contribution in [0.4, 0.5) is 4.79 Å². The first-order valence-corrected chi connectivity index (χ1v) is 8.46. The molecule has 5 heteroatoms. The minimum absolute atomic E-state index is 0.117. The van der Waals surface area contributed by atoms with E-state index in [0.717, 1.165) is 22.9 Å². The van der Waals surface area contributed by atoms with Crippen molar-refractivity contribution in [3.05, 3.63) is 58.8 Å². The van der Waals surface area contributed by atoms with Gasteiger partial charge < -0.3 is 0 Å². The van der Waals surface area contributed by atoms with Crippen LogP contribution in [0.3, 0.4) is 0 Å². The van der Waals surface area contributed by atoms with Crippen molar-refractivity contribution in [3.8, 4) is 11.1 Å². The zero-order valence-electron chi connectivity index (χ0n) is 13.8. The van der Waals surface area contributed by atoms with Crippen LogP contribution in [0.2, 0.25) is 0 Å². The second kappa shape index (κ2) is 6.24. The molecule has 0 radical (unpaired) electrons. The number of nitrogens with zero attached hydrogens (tertiary/aromatic N) is 1. The van der Waals surface area contributed by atoms with Crippen LogP contribution in [-0.4, -0.2) is 16.1 Å². The molecule has 0 aliphatic carbocycles. The molecule has 2 amide bonds. The Kier molecular flexibility index (Phi) is 4.28. The van der Waals surface area contributed by atoms with Gasteiger partial charge in [0.25, 0.3) is 11.1 Å². The van der Waals surface area contributed by atoms with Gasteiger partial charge in [-0.15, -0.1) is 0 Å². The van der Waals surface area contributed by atoms with E-state index in [-0.39, 0.29) is 16.6 Å². The Morgan fingerprint density at radius 2 is 1.75 bits per heavy atom. The van der Waals surface area contributed by atoms with E-state index in [0.29, 0.717) is 10.6 Å². The molecule has 3 rings (SSSR count). The molecule has 4 nitrogen and oxygen atoms in total. The quantitative estimate of drug-likeness (QED) is 0.826. The Morgan fingerprint density at radius 1 is 1.04 bits per heavy atom. The molecule has 0 unspecified atom stereocenters. The molecule has 122 valence electrons. The predicted molar refractivity (Wildman–Crippen MR) is 97.5 cm³/mol. The van der Waals surface area contributed by atoms with Gasteiger partial charge in [0.2, 0.25) is 0 Å². The Bertz CT molecular complexity index is 833. The summed E-state index contributed by atoms with van der Waals surface area (Å²) in [6.07, 6.45) is 3.34. The van der Waals surface area contributed by atoms with Crippen molar-refractivity contribution < 1.29 is 9.59 Å². The van der Waals surface area contributed by atoms with Crippen molar-refractivity contribution in [1.82, 2.24) is 10.3 Å². The summed E-state index contributed by atoms with van der Waals surface area (Å²) in [5, 5.41) is 1.90. The number of carbonyl (C=O) groups excluding carboxylic acids is 2. The number of aromatic nitrogens is 1. The van der Waals surface area contributed by atoms with E-state index in [1.807, 2.05) is 12.1 Å². The Morgan fingerprint density at radius 3 is 2.33 bits per heavy atom. The monoisotopic (exact) mass is 338 g/mol. The molecule has 0 spiro atoms. The first-order chi connectivity index (χ1) is 11.3. The molecule has 1 N–H and O–H groups in total. The molecule has 1 aromatic carbocycles. The summed E-state index contributed by atoms with van der Waals surface area (Å²) in [5.41, 5.74) is 4.16.